The van der Waals surface area contributed by atoms with Crippen LogP contribution in [0.4, 0.5) is 5.69 Å². The molecule has 3 heteroatoms. The number of rotatable bonds is 3. The predicted octanol–water partition coefficient (Wildman–Crippen LogP) is 4.06. The van der Waals surface area contributed by atoms with Gasteiger partial charge in [-0.05, 0) is 31.5 Å². The van der Waals surface area contributed by atoms with Crippen LogP contribution in [0.2, 0.25) is 0 Å². The summed E-state index contributed by atoms with van der Waals surface area (Å²) in [6.07, 6.45) is 3.66. The van der Waals surface area contributed by atoms with Gasteiger partial charge in [-0.25, -0.2) is 0 Å². The number of furan rings is 1. The van der Waals surface area contributed by atoms with Crippen LogP contribution < -0.4 is 5.32 Å². The smallest absolute Gasteiger partial charge is 0.134 e. The quantitative estimate of drug-likeness (QED) is 0.764. The molecule has 96 valence electrons. The molecule has 0 radical (unpaired) electrons. The fraction of sp³-hybridized carbons (Fsp3) is 0.188. The minimum absolute atomic E-state index is 0.745. The van der Waals surface area contributed by atoms with Crippen molar-refractivity contribution < 1.29 is 4.42 Å². The van der Waals surface area contributed by atoms with E-state index in [1.165, 1.54) is 16.5 Å². The molecular weight excluding hydrogens is 236 g/mol. The van der Waals surface area contributed by atoms with Gasteiger partial charge in [0.25, 0.3) is 0 Å². The molecule has 3 rings (SSSR count). The van der Waals surface area contributed by atoms with Gasteiger partial charge in [0.05, 0.1) is 11.9 Å². The summed E-state index contributed by atoms with van der Waals surface area (Å²) < 4.78 is 5.76. The van der Waals surface area contributed by atoms with E-state index in [0.29, 0.717) is 0 Å². The van der Waals surface area contributed by atoms with Crippen molar-refractivity contribution in [3.05, 3.63) is 59.6 Å². The van der Waals surface area contributed by atoms with E-state index in [-0.39, 0.29) is 0 Å². The lowest BCUT2D eigenvalue weighted by Gasteiger charge is -2.08. The number of nitrogens with zero attached hydrogens (tertiary/aromatic N) is 1. The molecule has 19 heavy (non-hydrogen) atoms. The van der Waals surface area contributed by atoms with E-state index in [4.69, 9.17) is 4.42 Å². The van der Waals surface area contributed by atoms with Gasteiger partial charge in [-0.1, -0.05) is 18.2 Å². The first-order valence-corrected chi connectivity index (χ1v) is 6.37. The molecule has 0 spiro atoms. The van der Waals surface area contributed by atoms with Crippen LogP contribution in [-0.2, 0) is 6.54 Å². The van der Waals surface area contributed by atoms with Crippen LogP contribution in [0.25, 0.3) is 11.0 Å². The molecule has 1 N–H and O–H groups in total. The van der Waals surface area contributed by atoms with Gasteiger partial charge >= 0.3 is 0 Å². The highest BCUT2D eigenvalue weighted by Crippen LogP contribution is 2.26. The molecule has 0 amide bonds. The number of nitrogens with one attached hydrogen (secondary N) is 1. The topological polar surface area (TPSA) is 38.1 Å². The van der Waals surface area contributed by atoms with Crippen molar-refractivity contribution >= 4 is 16.7 Å². The molecule has 3 nitrogen and oxygen atoms in total. The second kappa shape index (κ2) is 4.76. The average molecular weight is 252 g/mol. The zero-order valence-electron chi connectivity index (χ0n) is 11.1. The molecule has 0 aliphatic rings. The predicted molar refractivity (Wildman–Crippen MR) is 77.3 cm³/mol. The lowest BCUT2D eigenvalue weighted by molar-refractivity contribution is 0.573. The van der Waals surface area contributed by atoms with E-state index in [9.17, 15) is 0 Å². The Morgan fingerprint density at radius 3 is 2.84 bits per heavy atom. The molecule has 0 aliphatic carbocycles. The third-order valence-corrected chi connectivity index (χ3v) is 3.39. The Hall–Kier alpha value is -2.29. The van der Waals surface area contributed by atoms with Gasteiger partial charge in [-0.3, -0.25) is 4.98 Å². The molecule has 2 heterocycles. The SMILES string of the molecule is Cc1ccncc1NCc1c(C)oc2ccccc12. The number of hydrogen-bond donors (Lipinski definition) is 1. The number of benzene rings is 1. The Morgan fingerprint density at radius 2 is 2.00 bits per heavy atom. The van der Waals surface area contributed by atoms with Crippen LogP contribution >= 0.6 is 0 Å². The summed E-state index contributed by atoms with van der Waals surface area (Å²) in [5.74, 6) is 0.968. The van der Waals surface area contributed by atoms with E-state index in [2.05, 4.69) is 23.3 Å². The summed E-state index contributed by atoms with van der Waals surface area (Å²) >= 11 is 0. The summed E-state index contributed by atoms with van der Waals surface area (Å²) in [4.78, 5) is 4.14. The zero-order valence-corrected chi connectivity index (χ0v) is 11.1. The zero-order chi connectivity index (χ0) is 13.2. The van der Waals surface area contributed by atoms with Crippen LogP contribution in [0.3, 0.4) is 0 Å². The second-order valence-electron chi connectivity index (χ2n) is 4.68. The number of hydrogen-bond acceptors (Lipinski definition) is 3. The summed E-state index contributed by atoms with van der Waals surface area (Å²) in [7, 11) is 0. The van der Waals surface area contributed by atoms with E-state index < -0.39 is 0 Å². The van der Waals surface area contributed by atoms with Gasteiger partial charge in [-0.15, -0.1) is 0 Å². The normalized spacial score (nSPS) is 10.8. The number of aryl methyl sites for hydroxylation is 2. The van der Waals surface area contributed by atoms with Crippen molar-refractivity contribution in [3.8, 4) is 0 Å². The third-order valence-electron chi connectivity index (χ3n) is 3.39. The second-order valence-corrected chi connectivity index (χ2v) is 4.68. The van der Waals surface area contributed by atoms with Gasteiger partial charge in [0.1, 0.15) is 11.3 Å². The van der Waals surface area contributed by atoms with Crippen molar-refractivity contribution in [2.24, 2.45) is 0 Å². The summed E-state index contributed by atoms with van der Waals surface area (Å²) in [5, 5.41) is 4.60. The number of anilines is 1. The first kappa shape index (κ1) is 11.8. The van der Waals surface area contributed by atoms with Crippen LogP contribution in [0.1, 0.15) is 16.9 Å². The number of aromatic nitrogens is 1. The summed E-state index contributed by atoms with van der Waals surface area (Å²) in [6, 6.07) is 10.1. The van der Waals surface area contributed by atoms with Crippen molar-refractivity contribution in [1.82, 2.24) is 4.98 Å². The minimum atomic E-state index is 0.745. The van der Waals surface area contributed by atoms with Crippen LogP contribution in [0.5, 0.6) is 0 Å². The monoisotopic (exact) mass is 252 g/mol. The Morgan fingerprint density at radius 1 is 1.16 bits per heavy atom. The first-order chi connectivity index (χ1) is 9.25. The maximum absolute atomic E-state index is 5.76. The van der Waals surface area contributed by atoms with Crippen molar-refractivity contribution in [3.63, 3.8) is 0 Å². The molecule has 2 aromatic heterocycles. The largest absolute Gasteiger partial charge is 0.461 e. The van der Waals surface area contributed by atoms with E-state index in [1.54, 1.807) is 6.20 Å². The number of fused-ring (bicyclic) bond motifs is 1. The molecule has 1 aromatic carbocycles. The molecule has 0 bridgehead atoms. The van der Waals surface area contributed by atoms with Gasteiger partial charge in [0.2, 0.25) is 0 Å². The van der Waals surface area contributed by atoms with E-state index >= 15 is 0 Å². The van der Waals surface area contributed by atoms with E-state index in [0.717, 1.165) is 23.6 Å². The Balaban J connectivity index is 1.90. The fourth-order valence-electron chi connectivity index (χ4n) is 2.27. The van der Waals surface area contributed by atoms with Crippen molar-refractivity contribution in [2.75, 3.05) is 5.32 Å². The fourth-order valence-corrected chi connectivity index (χ4v) is 2.27. The summed E-state index contributed by atoms with van der Waals surface area (Å²) in [5.41, 5.74) is 4.41. The average Bonchev–Trinajstić information content (AvgIpc) is 2.74. The van der Waals surface area contributed by atoms with Crippen molar-refractivity contribution in [2.45, 2.75) is 20.4 Å². The van der Waals surface area contributed by atoms with Crippen molar-refractivity contribution in [1.29, 1.82) is 0 Å². The standard InChI is InChI=1S/C16H16N2O/c1-11-7-8-17-10-15(11)18-9-14-12(2)19-16-6-4-3-5-13(14)16/h3-8,10,18H,9H2,1-2H3. The lowest BCUT2D eigenvalue weighted by atomic mass is 10.1. The Kier molecular flexibility index (Phi) is 2.95. The summed E-state index contributed by atoms with van der Waals surface area (Å²) in [6.45, 7) is 4.83. The van der Waals surface area contributed by atoms with Crippen LogP contribution in [-0.4, -0.2) is 4.98 Å². The lowest BCUT2D eigenvalue weighted by Crippen LogP contribution is -2.01. The van der Waals surface area contributed by atoms with Crippen LogP contribution in [0, 0.1) is 13.8 Å². The molecule has 3 aromatic rings. The maximum Gasteiger partial charge on any atom is 0.134 e. The number of para-hydroxylation sites is 1. The molecule has 0 fully saturated rings. The molecule has 0 unspecified atom stereocenters. The van der Waals surface area contributed by atoms with Crippen LogP contribution in [0.15, 0.2) is 47.1 Å². The molecule has 0 saturated carbocycles. The maximum atomic E-state index is 5.76. The minimum Gasteiger partial charge on any atom is -0.461 e. The highest BCUT2D eigenvalue weighted by Gasteiger charge is 2.10. The molecule has 0 atom stereocenters. The highest BCUT2D eigenvalue weighted by atomic mass is 16.3. The molecule has 0 aliphatic heterocycles. The molecular formula is C16H16N2O. The van der Waals surface area contributed by atoms with Gasteiger partial charge in [-0.2, -0.15) is 0 Å². The Labute approximate surface area is 112 Å². The first-order valence-electron chi connectivity index (χ1n) is 6.37. The third kappa shape index (κ3) is 2.19. The number of pyridine rings is 1. The Bertz CT molecular complexity index is 716. The molecule has 0 saturated heterocycles. The van der Waals surface area contributed by atoms with Gasteiger partial charge in [0.15, 0.2) is 0 Å². The highest BCUT2D eigenvalue weighted by molar-refractivity contribution is 5.82. The van der Waals surface area contributed by atoms with Gasteiger partial charge in [0, 0.05) is 23.7 Å². The van der Waals surface area contributed by atoms with Gasteiger partial charge < -0.3 is 9.73 Å². The van der Waals surface area contributed by atoms with E-state index in [1.807, 2.05) is 37.4 Å².